The first kappa shape index (κ1) is 19.8. The zero-order chi connectivity index (χ0) is 21.1. The fourth-order valence-electron chi connectivity index (χ4n) is 3.71. The molecule has 0 fully saturated rings. The van der Waals surface area contributed by atoms with Crippen molar-refractivity contribution in [3.8, 4) is 22.9 Å². The van der Waals surface area contributed by atoms with E-state index in [0.29, 0.717) is 24.6 Å². The third-order valence-corrected chi connectivity index (χ3v) is 5.33. The van der Waals surface area contributed by atoms with Gasteiger partial charge in [0.25, 0.3) is 0 Å². The number of carbonyl (C=O) groups excluding carboxylic acids is 1. The Bertz CT molecular complexity index is 1060. The molecular weight excluding hydrogens is 382 g/mol. The SMILES string of the molecule is CCn1cnnc1-c1cccc(NC(=O)N2CCc3cc(OC)c(OC)cc3C2)c1. The lowest BCUT2D eigenvalue weighted by Gasteiger charge is -2.29. The smallest absolute Gasteiger partial charge is 0.322 e. The van der Waals surface area contributed by atoms with Crippen LogP contribution >= 0.6 is 0 Å². The van der Waals surface area contributed by atoms with E-state index in [0.717, 1.165) is 35.6 Å². The van der Waals surface area contributed by atoms with Crippen LogP contribution in [0.5, 0.6) is 11.5 Å². The number of aryl methyl sites for hydroxylation is 1. The average Bonchev–Trinajstić information content (AvgIpc) is 3.26. The third-order valence-electron chi connectivity index (χ3n) is 5.33. The topological polar surface area (TPSA) is 81.5 Å². The van der Waals surface area contributed by atoms with Gasteiger partial charge in [-0.25, -0.2) is 4.79 Å². The number of nitrogens with one attached hydrogen (secondary N) is 1. The van der Waals surface area contributed by atoms with Gasteiger partial charge < -0.3 is 24.3 Å². The maximum atomic E-state index is 12.9. The molecule has 0 spiro atoms. The van der Waals surface area contributed by atoms with Gasteiger partial charge in [-0.15, -0.1) is 10.2 Å². The number of urea groups is 1. The first-order valence-corrected chi connectivity index (χ1v) is 9.91. The first-order chi connectivity index (χ1) is 14.6. The van der Waals surface area contributed by atoms with Crippen molar-refractivity contribution in [3.05, 3.63) is 53.9 Å². The van der Waals surface area contributed by atoms with E-state index in [9.17, 15) is 4.79 Å². The number of amides is 2. The van der Waals surface area contributed by atoms with Gasteiger partial charge in [0.2, 0.25) is 0 Å². The lowest BCUT2D eigenvalue weighted by molar-refractivity contribution is 0.206. The summed E-state index contributed by atoms with van der Waals surface area (Å²) < 4.78 is 12.8. The predicted molar refractivity (Wildman–Crippen MR) is 114 cm³/mol. The van der Waals surface area contributed by atoms with Crippen molar-refractivity contribution < 1.29 is 14.3 Å². The number of hydrogen-bond acceptors (Lipinski definition) is 5. The summed E-state index contributed by atoms with van der Waals surface area (Å²) in [5, 5.41) is 11.2. The minimum absolute atomic E-state index is 0.135. The number of anilines is 1. The largest absolute Gasteiger partial charge is 0.493 e. The van der Waals surface area contributed by atoms with Crippen LogP contribution in [0.1, 0.15) is 18.1 Å². The number of methoxy groups -OCH3 is 2. The van der Waals surface area contributed by atoms with E-state index >= 15 is 0 Å². The Morgan fingerprint density at radius 2 is 1.90 bits per heavy atom. The van der Waals surface area contributed by atoms with Crippen molar-refractivity contribution in [1.29, 1.82) is 0 Å². The number of aromatic nitrogens is 3. The van der Waals surface area contributed by atoms with E-state index in [1.807, 2.05) is 47.9 Å². The summed E-state index contributed by atoms with van der Waals surface area (Å²) in [4.78, 5) is 14.7. The lowest BCUT2D eigenvalue weighted by atomic mass is 9.99. The van der Waals surface area contributed by atoms with Crippen LogP contribution in [0.15, 0.2) is 42.7 Å². The number of nitrogens with zero attached hydrogens (tertiary/aromatic N) is 4. The van der Waals surface area contributed by atoms with E-state index in [1.165, 1.54) is 5.56 Å². The second-order valence-electron chi connectivity index (χ2n) is 7.10. The van der Waals surface area contributed by atoms with Crippen LogP contribution in [0.25, 0.3) is 11.4 Å². The molecule has 0 bridgehead atoms. The Kier molecular flexibility index (Phi) is 5.56. The molecule has 8 heteroatoms. The van der Waals surface area contributed by atoms with E-state index < -0.39 is 0 Å². The molecule has 0 aliphatic carbocycles. The van der Waals surface area contributed by atoms with Gasteiger partial charge in [-0.3, -0.25) is 0 Å². The van der Waals surface area contributed by atoms with Gasteiger partial charge in [0.15, 0.2) is 17.3 Å². The number of ether oxygens (including phenoxy) is 2. The highest BCUT2D eigenvalue weighted by atomic mass is 16.5. The second kappa shape index (κ2) is 8.44. The molecule has 8 nitrogen and oxygen atoms in total. The van der Waals surface area contributed by atoms with Gasteiger partial charge in [0.1, 0.15) is 6.33 Å². The highest BCUT2D eigenvalue weighted by molar-refractivity contribution is 5.90. The van der Waals surface area contributed by atoms with Gasteiger partial charge in [-0.1, -0.05) is 12.1 Å². The second-order valence-corrected chi connectivity index (χ2v) is 7.10. The normalized spacial score (nSPS) is 13.0. The van der Waals surface area contributed by atoms with Gasteiger partial charge >= 0.3 is 6.03 Å². The Hall–Kier alpha value is -3.55. The Morgan fingerprint density at radius 1 is 1.13 bits per heavy atom. The minimum atomic E-state index is -0.135. The summed E-state index contributed by atoms with van der Waals surface area (Å²) in [6, 6.07) is 11.5. The number of benzene rings is 2. The summed E-state index contributed by atoms with van der Waals surface area (Å²) in [6.45, 7) is 3.97. The molecule has 1 aliphatic heterocycles. The summed E-state index contributed by atoms with van der Waals surface area (Å²) in [7, 11) is 3.24. The van der Waals surface area contributed by atoms with Gasteiger partial charge in [0, 0.05) is 30.9 Å². The van der Waals surface area contributed by atoms with Crippen molar-refractivity contribution in [1.82, 2.24) is 19.7 Å². The molecule has 0 saturated carbocycles. The van der Waals surface area contributed by atoms with Crippen LogP contribution in [-0.4, -0.2) is 46.5 Å². The average molecular weight is 407 g/mol. The predicted octanol–water partition coefficient (Wildman–Crippen LogP) is 3.57. The molecular formula is C22H25N5O3. The van der Waals surface area contributed by atoms with Crippen LogP contribution < -0.4 is 14.8 Å². The molecule has 0 saturated heterocycles. The number of hydrogen-bond donors (Lipinski definition) is 1. The Balaban J connectivity index is 1.50. The minimum Gasteiger partial charge on any atom is -0.493 e. The molecule has 156 valence electrons. The fraction of sp³-hybridized carbons (Fsp3) is 0.318. The van der Waals surface area contributed by atoms with Crippen molar-refractivity contribution >= 4 is 11.7 Å². The van der Waals surface area contributed by atoms with Gasteiger partial charge in [0.05, 0.1) is 14.2 Å². The molecule has 4 rings (SSSR count). The summed E-state index contributed by atoms with van der Waals surface area (Å²) in [5.41, 5.74) is 3.88. The van der Waals surface area contributed by atoms with E-state index in [4.69, 9.17) is 9.47 Å². The van der Waals surface area contributed by atoms with Crippen molar-refractivity contribution in [2.75, 3.05) is 26.1 Å². The summed E-state index contributed by atoms with van der Waals surface area (Å²) in [6.07, 6.45) is 2.47. The lowest BCUT2D eigenvalue weighted by Crippen LogP contribution is -2.38. The molecule has 0 unspecified atom stereocenters. The quantitative estimate of drug-likeness (QED) is 0.699. The van der Waals surface area contributed by atoms with Crippen LogP contribution in [-0.2, 0) is 19.5 Å². The first-order valence-electron chi connectivity index (χ1n) is 9.91. The summed E-state index contributed by atoms with van der Waals surface area (Å²) in [5.74, 6) is 2.17. The Labute approximate surface area is 175 Å². The molecule has 0 atom stereocenters. The van der Waals surface area contributed by atoms with E-state index in [-0.39, 0.29) is 6.03 Å². The molecule has 2 heterocycles. The Morgan fingerprint density at radius 3 is 2.63 bits per heavy atom. The zero-order valence-corrected chi connectivity index (χ0v) is 17.4. The summed E-state index contributed by atoms with van der Waals surface area (Å²) >= 11 is 0. The van der Waals surface area contributed by atoms with Gasteiger partial charge in [-0.05, 0) is 48.7 Å². The monoisotopic (exact) mass is 407 g/mol. The molecule has 30 heavy (non-hydrogen) atoms. The van der Waals surface area contributed by atoms with E-state index in [2.05, 4.69) is 15.5 Å². The van der Waals surface area contributed by atoms with Crippen molar-refractivity contribution in [3.63, 3.8) is 0 Å². The standard InChI is InChI=1S/C22H25N5O3/c1-4-26-14-23-25-21(26)16-6-5-7-18(10-16)24-22(28)27-9-8-15-11-19(29-2)20(30-3)12-17(15)13-27/h5-7,10-12,14H,4,8-9,13H2,1-3H3,(H,24,28). The molecule has 3 aromatic rings. The van der Waals surface area contributed by atoms with Crippen LogP contribution in [0.3, 0.4) is 0 Å². The van der Waals surface area contributed by atoms with Crippen molar-refractivity contribution in [2.45, 2.75) is 26.4 Å². The fourth-order valence-corrected chi connectivity index (χ4v) is 3.71. The van der Waals surface area contributed by atoms with Gasteiger partial charge in [-0.2, -0.15) is 0 Å². The molecule has 1 N–H and O–H groups in total. The third kappa shape index (κ3) is 3.80. The van der Waals surface area contributed by atoms with E-state index in [1.54, 1.807) is 25.4 Å². The molecule has 2 amide bonds. The highest BCUT2D eigenvalue weighted by Crippen LogP contribution is 2.33. The molecule has 1 aliphatic rings. The van der Waals surface area contributed by atoms with Crippen LogP contribution in [0.2, 0.25) is 0 Å². The van der Waals surface area contributed by atoms with Crippen LogP contribution in [0, 0.1) is 0 Å². The number of carbonyl (C=O) groups is 1. The molecule has 2 aromatic carbocycles. The molecule has 1 aromatic heterocycles. The maximum absolute atomic E-state index is 12.9. The van der Waals surface area contributed by atoms with Crippen LogP contribution in [0.4, 0.5) is 10.5 Å². The highest BCUT2D eigenvalue weighted by Gasteiger charge is 2.23. The zero-order valence-electron chi connectivity index (χ0n) is 17.4. The number of rotatable bonds is 5. The number of fused-ring (bicyclic) bond motifs is 1. The van der Waals surface area contributed by atoms with Crippen molar-refractivity contribution in [2.24, 2.45) is 0 Å². The maximum Gasteiger partial charge on any atom is 0.322 e. The molecule has 0 radical (unpaired) electrons.